The van der Waals surface area contributed by atoms with Crippen LogP contribution in [0.5, 0.6) is 5.75 Å². The lowest BCUT2D eigenvalue weighted by Gasteiger charge is -2.27. The number of alkyl halides is 1. The van der Waals surface area contributed by atoms with Crippen molar-refractivity contribution >= 4 is 21.6 Å². The summed E-state index contributed by atoms with van der Waals surface area (Å²) >= 11 is 5.84. The van der Waals surface area contributed by atoms with Gasteiger partial charge < -0.3 is 4.74 Å². The van der Waals surface area contributed by atoms with Crippen LogP contribution in [0.3, 0.4) is 0 Å². The summed E-state index contributed by atoms with van der Waals surface area (Å²) in [6.45, 7) is 5.89. The van der Waals surface area contributed by atoms with Gasteiger partial charge in [-0.2, -0.15) is 4.31 Å². The summed E-state index contributed by atoms with van der Waals surface area (Å²) in [7, 11) is -0.386. The highest BCUT2D eigenvalue weighted by Gasteiger charge is 2.27. The molecule has 0 saturated heterocycles. The fourth-order valence-electron chi connectivity index (χ4n) is 1.82. The van der Waals surface area contributed by atoms with Crippen LogP contribution >= 0.6 is 11.6 Å². The number of ether oxygens (including phenoxy) is 1. The molecule has 0 radical (unpaired) electrons. The molecule has 0 aliphatic rings. The number of methoxy groups -OCH3 is 1. The van der Waals surface area contributed by atoms with Gasteiger partial charge in [-0.05, 0) is 31.0 Å². The zero-order chi connectivity index (χ0) is 15.5. The summed E-state index contributed by atoms with van der Waals surface area (Å²) in [5.41, 5.74) is 0.667. The lowest BCUT2D eigenvalue weighted by atomic mass is 10.1. The van der Waals surface area contributed by atoms with Gasteiger partial charge in [0, 0.05) is 18.7 Å². The van der Waals surface area contributed by atoms with Crippen molar-refractivity contribution in [1.82, 2.24) is 4.31 Å². The second-order valence-corrected chi connectivity index (χ2v) is 7.38. The summed E-state index contributed by atoms with van der Waals surface area (Å²) in [6.07, 6.45) is 0. The van der Waals surface area contributed by atoms with Gasteiger partial charge in [0.25, 0.3) is 0 Å². The van der Waals surface area contributed by atoms with Crippen molar-refractivity contribution in [2.24, 2.45) is 5.92 Å². The van der Waals surface area contributed by atoms with Crippen LogP contribution in [0.1, 0.15) is 26.3 Å². The van der Waals surface area contributed by atoms with Crippen molar-refractivity contribution in [3.8, 4) is 5.75 Å². The molecule has 0 heterocycles. The Hall–Kier alpha value is -0.780. The predicted octanol–water partition coefficient (Wildman–Crippen LogP) is 3.10. The number of sulfonamides is 1. The van der Waals surface area contributed by atoms with E-state index < -0.39 is 10.0 Å². The number of halogens is 1. The Bertz CT molecular complexity index is 558. The zero-order valence-electron chi connectivity index (χ0n) is 12.6. The maximum atomic E-state index is 12.6. The molecule has 1 aromatic carbocycles. The van der Waals surface area contributed by atoms with Crippen LogP contribution in [0.2, 0.25) is 0 Å². The molecule has 1 rings (SSSR count). The minimum atomic E-state index is -3.52. The molecule has 6 heteroatoms. The van der Waals surface area contributed by atoms with Crippen LogP contribution < -0.4 is 4.74 Å². The van der Waals surface area contributed by atoms with Crippen molar-refractivity contribution < 1.29 is 13.2 Å². The fourth-order valence-corrected chi connectivity index (χ4v) is 3.58. The number of benzene rings is 1. The van der Waals surface area contributed by atoms with Crippen molar-refractivity contribution in [2.45, 2.75) is 37.6 Å². The smallest absolute Gasteiger partial charge is 0.243 e. The van der Waals surface area contributed by atoms with Gasteiger partial charge in [-0.1, -0.05) is 13.8 Å². The predicted molar refractivity (Wildman–Crippen MR) is 81.8 cm³/mol. The van der Waals surface area contributed by atoms with E-state index in [-0.39, 0.29) is 22.7 Å². The van der Waals surface area contributed by atoms with E-state index in [9.17, 15) is 8.42 Å². The standard InChI is InChI=1S/C14H22ClNO3S/c1-10(2)11(3)16(4)20(17,18)13-6-7-14(19-5)12(8-13)9-15/h6-8,10-11H,9H2,1-5H3. The summed E-state index contributed by atoms with van der Waals surface area (Å²) in [5.74, 6) is 1.04. The molecule has 0 aliphatic heterocycles. The highest BCUT2D eigenvalue weighted by Crippen LogP contribution is 2.26. The van der Waals surface area contributed by atoms with Crippen molar-refractivity contribution in [3.05, 3.63) is 23.8 Å². The van der Waals surface area contributed by atoms with Crippen LogP contribution in [-0.4, -0.2) is 32.9 Å². The van der Waals surface area contributed by atoms with E-state index in [1.807, 2.05) is 20.8 Å². The number of hydrogen-bond acceptors (Lipinski definition) is 3. The Labute approximate surface area is 126 Å². The van der Waals surface area contributed by atoms with Crippen LogP contribution in [0.15, 0.2) is 23.1 Å². The molecule has 0 aromatic heterocycles. The zero-order valence-corrected chi connectivity index (χ0v) is 14.1. The Morgan fingerprint density at radius 1 is 1.30 bits per heavy atom. The van der Waals surface area contributed by atoms with E-state index in [4.69, 9.17) is 16.3 Å². The first kappa shape index (κ1) is 17.3. The van der Waals surface area contributed by atoms with Gasteiger partial charge in [0.05, 0.1) is 17.9 Å². The van der Waals surface area contributed by atoms with Crippen molar-refractivity contribution in [2.75, 3.05) is 14.2 Å². The molecular weight excluding hydrogens is 298 g/mol. The molecule has 0 aliphatic carbocycles. The summed E-state index contributed by atoms with van der Waals surface area (Å²) < 4.78 is 31.7. The maximum Gasteiger partial charge on any atom is 0.243 e. The summed E-state index contributed by atoms with van der Waals surface area (Å²) in [5, 5.41) is 0. The first-order chi connectivity index (χ1) is 9.25. The van der Waals surface area contributed by atoms with E-state index in [2.05, 4.69) is 0 Å². The Morgan fingerprint density at radius 3 is 2.35 bits per heavy atom. The molecule has 20 heavy (non-hydrogen) atoms. The van der Waals surface area contributed by atoms with Gasteiger partial charge in [0.15, 0.2) is 0 Å². The first-order valence-corrected chi connectivity index (χ1v) is 8.44. The van der Waals surface area contributed by atoms with Gasteiger partial charge in [-0.15, -0.1) is 11.6 Å². The molecule has 0 saturated carbocycles. The van der Waals surface area contributed by atoms with E-state index >= 15 is 0 Å². The monoisotopic (exact) mass is 319 g/mol. The quantitative estimate of drug-likeness (QED) is 0.757. The highest BCUT2D eigenvalue weighted by molar-refractivity contribution is 7.89. The molecule has 1 atom stereocenters. The maximum absolute atomic E-state index is 12.6. The molecule has 0 fully saturated rings. The minimum Gasteiger partial charge on any atom is -0.496 e. The van der Waals surface area contributed by atoms with Crippen molar-refractivity contribution in [3.63, 3.8) is 0 Å². The Kier molecular flexibility index (Phi) is 5.86. The normalized spacial score (nSPS) is 13.8. The molecule has 4 nitrogen and oxygen atoms in total. The van der Waals surface area contributed by atoms with E-state index in [0.717, 1.165) is 0 Å². The second kappa shape index (κ2) is 6.78. The average Bonchev–Trinajstić information content (AvgIpc) is 2.44. The van der Waals surface area contributed by atoms with E-state index in [0.29, 0.717) is 11.3 Å². The molecule has 0 N–H and O–H groups in total. The highest BCUT2D eigenvalue weighted by atomic mass is 35.5. The Balaban J connectivity index is 3.22. The first-order valence-electron chi connectivity index (χ1n) is 6.46. The lowest BCUT2D eigenvalue weighted by Crippen LogP contribution is -2.38. The SMILES string of the molecule is COc1ccc(S(=O)(=O)N(C)C(C)C(C)C)cc1CCl. The number of nitrogens with zero attached hydrogens (tertiary/aromatic N) is 1. The number of hydrogen-bond donors (Lipinski definition) is 0. The average molecular weight is 320 g/mol. The third kappa shape index (κ3) is 3.45. The largest absolute Gasteiger partial charge is 0.496 e. The van der Waals surface area contributed by atoms with Gasteiger partial charge in [0.2, 0.25) is 10.0 Å². The van der Waals surface area contributed by atoms with Crippen LogP contribution in [0.4, 0.5) is 0 Å². The van der Waals surface area contributed by atoms with E-state index in [1.165, 1.54) is 11.4 Å². The second-order valence-electron chi connectivity index (χ2n) is 5.11. The minimum absolute atomic E-state index is 0.0819. The molecule has 0 spiro atoms. The van der Waals surface area contributed by atoms with Gasteiger partial charge in [-0.3, -0.25) is 0 Å². The van der Waals surface area contributed by atoms with Crippen LogP contribution in [0.25, 0.3) is 0 Å². The molecule has 0 amide bonds. The van der Waals surface area contributed by atoms with Gasteiger partial charge in [-0.25, -0.2) is 8.42 Å². The fraction of sp³-hybridized carbons (Fsp3) is 0.571. The van der Waals surface area contributed by atoms with Crippen LogP contribution in [0, 0.1) is 5.92 Å². The van der Waals surface area contributed by atoms with Crippen molar-refractivity contribution in [1.29, 1.82) is 0 Å². The molecule has 1 aromatic rings. The summed E-state index contributed by atoms with van der Waals surface area (Å²) in [4.78, 5) is 0.240. The Morgan fingerprint density at radius 2 is 1.90 bits per heavy atom. The number of rotatable bonds is 6. The molecule has 114 valence electrons. The molecule has 1 unspecified atom stereocenters. The third-order valence-electron chi connectivity index (χ3n) is 3.61. The molecule has 0 bridgehead atoms. The lowest BCUT2D eigenvalue weighted by molar-refractivity contribution is 0.315. The third-order valence-corrected chi connectivity index (χ3v) is 5.84. The van der Waals surface area contributed by atoms with Crippen LogP contribution in [-0.2, 0) is 15.9 Å². The van der Waals surface area contributed by atoms with Gasteiger partial charge >= 0.3 is 0 Å². The van der Waals surface area contributed by atoms with E-state index in [1.54, 1.807) is 25.2 Å². The van der Waals surface area contributed by atoms with Gasteiger partial charge in [0.1, 0.15) is 5.75 Å². The topological polar surface area (TPSA) is 46.6 Å². The summed E-state index contributed by atoms with van der Waals surface area (Å²) in [6, 6.07) is 4.68. The molecular formula is C14H22ClNO3S.